The first-order valence-electron chi connectivity index (χ1n) is 6.29. The summed E-state index contributed by atoms with van der Waals surface area (Å²) in [6.07, 6.45) is 2.49. The Bertz CT molecular complexity index is 361. The van der Waals surface area contributed by atoms with E-state index in [9.17, 15) is 4.39 Å². The molecule has 1 saturated heterocycles. The summed E-state index contributed by atoms with van der Waals surface area (Å²) >= 11 is 0. The molecule has 0 amide bonds. The summed E-state index contributed by atoms with van der Waals surface area (Å²) in [5, 5.41) is 3.37. The average Bonchev–Trinajstić information content (AvgIpc) is 2.33. The Morgan fingerprint density at radius 3 is 3.06 bits per heavy atom. The first-order valence-corrected chi connectivity index (χ1v) is 6.29. The van der Waals surface area contributed by atoms with Crippen molar-refractivity contribution in [1.29, 1.82) is 0 Å². The van der Waals surface area contributed by atoms with E-state index in [0.29, 0.717) is 12.5 Å². The highest BCUT2D eigenvalue weighted by Crippen LogP contribution is 2.14. The molecule has 1 aliphatic rings. The molecule has 0 bridgehead atoms. The second kappa shape index (κ2) is 6.12. The molecule has 1 fully saturated rings. The maximum Gasteiger partial charge on any atom is 0.123 e. The quantitative estimate of drug-likeness (QED) is 0.869. The summed E-state index contributed by atoms with van der Waals surface area (Å²) in [5.74, 6) is 0.451. The monoisotopic (exact) mass is 237 g/mol. The lowest BCUT2D eigenvalue weighted by Gasteiger charge is -2.22. The Hall–Kier alpha value is -0.930. The fourth-order valence-electron chi connectivity index (χ4n) is 2.22. The van der Waals surface area contributed by atoms with E-state index < -0.39 is 0 Å². The first-order chi connectivity index (χ1) is 8.25. The van der Waals surface area contributed by atoms with Gasteiger partial charge in [-0.3, -0.25) is 0 Å². The van der Waals surface area contributed by atoms with Gasteiger partial charge >= 0.3 is 0 Å². The van der Waals surface area contributed by atoms with Crippen molar-refractivity contribution in [3.8, 4) is 0 Å². The van der Waals surface area contributed by atoms with E-state index >= 15 is 0 Å². The minimum Gasteiger partial charge on any atom is -0.376 e. The molecular formula is C14H20FNO. The van der Waals surface area contributed by atoms with Gasteiger partial charge in [0.05, 0.1) is 13.2 Å². The molecular weight excluding hydrogens is 217 g/mol. The number of benzene rings is 1. The van der Waals surface area contributed by atoms with Crippen LogP contribution in [0.1, 0.15) is 24.0 Å². The zero-order valence-electron chi connectivity index (χ0n) is 10.3. The second-order valence-corrected chi connectivity index (χ2v) is 4.80. The van der Waals surface area contributed by atoms with Crippen LogP contribution < -0.4 is 5.32 Å². The van der Waals surface area contributed by atoms with Crippen LogP contribution in [0.5, 0.6) is 0 Å². The van der Waals surface area contributed by atoms with Gasteiger partial charge in [-0.1, -0.05) is 6.07 Å². The van der Waals surface area contributed by atoms with Gasteiger partial charge in [-0.05, 0) is 55.5 Å². The summed E-state index contributed by atoms with van der Waals surface area (Å²) in [6, 6.07) is 4.86. The highest BCUT2D eigenvalue weighted by atomic mass is 19.1. The minimum atomic E-state index is -0.178. The molecule has 1 unspecified atom stereocenters. The number of rotatable bonds is 4. The Balaban J connectivity index is 1.77. The number of aryl methyl sites for hydroxylation is 1. The third-order valence-corrected chi connectivity index (χ3v) is 3.31. The predicted molar refractivity (Wildman–Crippen MR) is 66.4 cm³/mol. The van der Waals surface area contributed by atoms with Gasteiger partial charge in [0.15, 0.2) is 0 Å². The van der Waals surface area contributed by atoms with Crippen LogP contribution in [0.4, 0.5) is 4.39 Å². The van der Waals surface area contributed by atoms with Gasteiger partial charge in [-0.25, -0.2) is 4.39 Å². The Morgan fingerprint density at radius 1 is 1.47 bits per heavy atom. The number of piperidine rings is 1. The topological polar surface area (TPSA) is 21.3 Å². The van der Waals surface area contributed by atoms with Crippen molar-refractivity contribution in [2.24, 2.45) is 5.92 Å². The number of nitrogens with one attached hydrogen (secondary N) is 1. The van der Waals surface area contributed by atoms with Crippen LogP contribution in [0.25, 0.3) is 0 Å². The molecule has 17 heavy (non-hydrogen) atoms. The van der Waals surface area contributed by atoms with Crippen molar-refractivity contribution in [3.05, 3.63) is 35.1 Å². The normalized spacial score (nSPS) is 20.5. The van der Waals surface area contributed by atoms with E-state index in [1.54, 1.807) is 6.07 Å². The van der Waals surface area contributed by atoms with E-state index in [2.05, 4.69) is 5.32 Å². The molecule has 1 N–H and O–H groups in total. The molecule has 0 aliphatic carbocycles. The maximum atomic E-state index is 12.9. The van der Waals surface area contributed by atoms with Crippen LogP contribution in [0, 0.1) is 18.7 Å². The Kier molecular flexibility index (Phi) is 4.51. The Morgan fingerprint density at radius 2 is 2.35 bits per heavy atom. The molecule has 3 heteroatoms. The minimum absolute atomic E-state index is 0.178. The van der Waals surface area contributed by atoms with Gasteiger partial charge in [0.25, 0.3) is 0 Å². The van der Waals surface area contributed by atoms with E-state index in [0.717, 1.165) is 30.8 Å². The highest BCUT2D eigenvalue weighted by Gasteiger charge is 2.12. The van der Waals surface area contributed by atoms with Crippen molar-refractivity contribution in [2.75, 3.05) is 19.7 Å². The van der Waals surface area contributed by atoms with Crippen molar-refractivity contribution < 1.29 is 9.13 Å². The van der Waals surface area contributed by atoms with Crippen LogP contribution >= 0.6 is 0 Å². The zero-order valence-corrected chi connectivity index (χ0v) is 10.3. The molecule has 1 atom stereocenters. The van der Waals surface area contributed by atoms with Crippen LogP contribution in [0.2, 0.25) is 0 Å². The van der Waals surface area contributed by atoms with Crippen LogP contribution in [-0.2, 0) is 11.3 Å². The summed E-state index contributed by atoms with van der Waals surface area (Å²) < 4.78 is 18.6. The van der Waals surface area contributed by atoms with E-state index in [-0.39, 0.29) is 5.82 Å². The van der Waals surface area contributed by atoms with Crippen molar-refractivity contribution in [2.45, 2.75) is 26.4 Å². The molecule has 1 aromatic rings. The van der Waals surface area contributed by atoms with Gasteiger partial charge in [0, 0.05) is 6.54 Å². The lowest BCUT2D eigenvalue weighted by Crippen LogP contribution is -2.32. The van der Waals surface area contributed by atoms with Gasteiger partial charge < -0.3 is 10.1 Å². The van der Waals surface area contributed by atoms with Crippen molar-refractivity contribution in [3.63, 3.8) is 0 Å². The lowest BCUT2D eigenvalue weighted by molar-refractivity contribution is 0.0780. The lowest BCUT2D eigenvalue weighted by atomic mass is 10.0. The Labute approximate surface area is 102 Å². The molecule has 1 aromatic carbocycles. The summed E-state index contributed by atoms with van der Waals surface area (Å²) in [7, 11) is 0. The van der Waals surface area contributed by atoms with Crippen molar-refractivity contribution >= 4 is 0 Å². The van der Waals surface area contributed by atoms with E-state index in [4.69, 9.17) is 4.74 Å². The van der Waals surface area contributed by atoms with Gasteiger partial charge in [0.1, 0.15) is 5.82 Å². The van der Waals surface area contributed by atoms with Gasteiger partial charge in [0.2, 0.25) is 0 Å². The average molecular weight is 237 g/mol. The fourth-order valence-corrected chi connectivity index (χ4v) is 2.22. The molecule has 2 rings (SSSR count). The van der Waals surface area contributed by atoms with Gasteiger partial charge in [-0.2, -0.15) is 0 Å². The molecule has 0 spiro atoms. The SMILES string of the molecule is Cc1cc(F)ccc1COCC1CCCNC1. The number of hydrogen-bond donors (Lipinski definition) is 1. The van der Waals surface area contributed by atoms with Gasteiger partial charge in [-0.15, -0.1) is 0 Å². The molecule has 2 nitrogen and oxygen atoms in total. The standard InChI is InChI=1S/C14H20FNO/c1-11-7-14(15)5-4-13(11)10-17-9-12-3-2-6-16-8-12/h4-5,7,12,16H,2-3,6,8-10H2,1H3. The summed E-state index contributed by atoms with van der Waals surface area (Å²) in [4.78, 5) is 0. The molecule has 0 aromatic heterocycles. The highest BCUT2D eigenvalue weighted by molar-refractivity contribution is 5.25. The summed E-state index contributed by atoms with van der Waals surface area (Å²) in [5.41, 5.74) is 2.04. The van der Waals surface area contributed by atoms with E-state index in [1.807, 2.05) is 13.0 Å². The molecule has 1 aliphatic heterocycles. The largest absolute Gasteiger partial charge is 0.376 e. The maximum absolute atomic E-state index is 12.9. The number of ether oxygens (including phenoxy) is 1. The van der Waals surface area contributed by atoms with Crippen LogP contribution in [-0.4, -0.2) is 19.7 Å². The van der Waals surface area contributed by atoms with Crippen LogP contribution in [0.3, 0.4) is 0 Å². The fraction of sp³-hybridized carbons (Fsp3) is 0.571. The van der Waals surface area contributed by atoms with Crippen LogP contribution in [0.15, 0.2) is 18.2 Å². The zero-order chi connectivity index (χ0) is 12.1. The third-order valence-electron chi connectivity index (χ3n) is 3.31. The second-order valence-electron chi connectivity index (χ2n) is 4.80. The first kappa shape index (κ1) is 12.5. The summed E-state index contributed by atoms with van der Waals surface area (Å²) in [6.45, 7) is 5.49. The predicted octanol–water partition coefficient (Wildman–Crippen LogP) is 2.65. The molecule has 94 valence electrons. The molecule has 0 radical (unpaired) electrons. The number of hydrogen-bond acceptors (Lipinski definition) is 2. The molecule has 1 heterocycles. The number of halogens is 1. The molecule has 0 saturated carbocycles. The smallest absolute Gasteiger partial charge is 0.123 e. The van der Waals surface area contributed by atoms with Crippen molar-refractivity contribution in [1.82, 2.24) is 5.32 Å². The van der Waals surface area contributed by atoms with E-state index in [1.165, 1.54) is 18.9 Å². The third kappa shape index (κ3) is 3.79.